The third kappa shape index (κ3) is 5.77. The van der Waals surface area contributed by atoms with Crippen LogP contribution in [0.2, 0.25) is 0 Å². The third-order valence-corrected chi connectivity index (χ3v) is 18.8. The SMILES string of the molecule is c1ccc(-c2ccccc2-c2ccccc2N(c2ccccc2-c2ccc3c(c2)C2(c4ccccc4-3)c3ccccc3-n3c4ccccc4c4cccc2c43)c2cccc3c2-c2ccccc2C32c3ccccc3-c3ccccc32)cc1. The Balaban J connectivity index is 0.926. The number of para-hydroxylation sites is 5. The van der Waals surface area contributed by atoms with Gasteiger partial charge in [0, 0.05) is 27.5 Å². The quantitative estimate of drug-likeness (QED) is 0.161. The van der Waals surface area contributed by atoms with Gasteiger partial charge in [-0.25, -0.2) is 0 Å². The Kier molecular flexibility index (Phi) is 9.39. The van der Waals surface area contributed by atoms with Crippen LogP contribution in [0, 0.1) is 0 Å². The fourth-order valence-corrected chi connectivity index (χ4v) is 15.8. The summed E-state index contributed by atoms with van der Waals surface area (Å²) in [5.41, 5.74) is 31.1. The molecule has 0 bridgehead atoms. The van der Waals surface area contributed by atoms with Crippen LogP contribution in [0.1, 0.15) is 44.5 Å². The smallest absolute Gasteiger partial charge is 0.0754 e. The van der Waals surface area contributed by atoms with Crippen LogP contribution in [0.3, 0.4) is 0 Å². The number of hydrogen-bond donors (Lipinski definition) is 0. The monoisotopic (exact) mass is 1040 g/mol. The van der Waals surface area contributed by atoms with Gasteiger partial charge in [-0.2, -0.15) is 0 Å². The molecule has 380 valence electrons. The Hall–Kier alpha value is -10.5. The minimum atomic E-state index is -0.600. The summed E-state index contributed by atoms with van der Waals surface area (Å²) in [6.45, 7) is 0. The molecule has 1 unspecified atom stereocenters. The number of fused-ring (bicyclic) bond motifs is 22. The van der Waals surface area contributed by atoms with Crippen LogP contribution in [-0.2, 0) is 10.8 Å². The van der Waals surface area contributed by atoms with Crippen LogP contribution in [0.15, 0.2) is 303 Å². The average molecular weight is 1040 g/mol. The topological polar surface area (TPSA) is 8.17 Å². The van der Waals surface area contributed by atoms with Crippen LogP contribution in [0.25, 0.3) is 94.3 Å². The summed E-state index contributed by atoms with van der Waals surface area (Å²) in [6.07, 6.45) is 0. The first-order valence-electron chi connectivity index (χ1n) is 28.7. The molecular weight excluding hydrogens is 989 g/mol. The van der Waals surface area contributed by atoms with E-state index in [4.69, 9.17) is 0 Å². The Morgan fingerprint density at radius 1 is 0.244 bits per heavy atom. The molecule has 18 rings (SSSR count). The lowest BCUT2D eigenvalue weighted by Gasteiger charge is -2.39. The summed E-state index contributed by atoms with van der Waals surface area (Å²) in [6, 6.07) is 114. The number of benzene rings is 13. The Labute approximate surface area is 476 Å². The maximum atomic E-state index is 2.61. The molecule has 3 aliphatic carbocycles. The number of anilines is 3. The van der Waals surface area contributed by atoms with E-state index in [1.54, 1.807) is 0 Å². The molecule has 14 aromatic rings. The molecule has 0 radical (unpaired) electrons. The van der Waals surface area contributed by atoms with Gasteiger partial charge in [0.15, 0.2) is 0 Å². The van der Waals surface area contributed by atoms with Crippen LogP contribution in [0.4, 0.5) is 17.1 Å². The highest BCUT2D eigenvalue weighted by Crippen LogP contribution is 2.66. The molecule has 1 aliphatic heterocycles. The molecule has 13 aromatic carbocycles. The largest absolute Gasteiger partial charge is 0.309 e. The van der Waals surface area contributed by atoms with Crippen molar-refractivity contribution in [1.82, 2.24) is 4.57 Å². The summed E-state index contributed by atoms with van der Waals surface area (Å²) in [7, 11) is 0. The lowest BCUT2D eigenvalue weighted by atomic mass is 9.65. The summed E-state index contributed by atoms with van der Waals surface area (Å²) in [4.78, 5) is 2.61. The van der Waals surface area contributed by atoms with Crippen LogP contribution in [-0.4, -0.2) is 4.57 Å². The normalized spacial score (nSPS) is 15.0. The van der Waals surface area contributed by atoms with Crippen LogP contribution in [0.5, 0.6) is 0 Å². The zero-order chi connectivity index (χ0) is 53.7. The van der Waals surface area contributed by atoms with Gasteiger partial charge in [-0.05, 0) is 131 Å². The van der Waals surface area contributed by atoms with Gasteiger partial charge in [-0.15, -0.1) is 0 Å². The van der Waals surface area contributed by atoms with Gasteiger partial charge in [-0.1, -0.05) is 267 Å². The zero-order valence-electron chi connectivity index (χ0n) is 44.8. The van der Waals surface area contributed by atoms with Crippen LogP contribution < -0.4 is 4.90 Å². The first-order chi connectivity index (χ1) is 40.7. The minimum absolute atomic E-state index is 0.520. The molecule has 2 heteroatoms. The molecular formula is C80H50N2. The number of hydrogen-bond acceptors (Lipinski definition) is 1. The van der Waals surface area contributed by atoms with E-state index in [1.165, 1.54) is 122 Å². The molecule has 0 saturated heterocycles. The maximum absolute atomic E-state index is 2.61. The predicted molar refractivity (Wildman–Crippen MR) is 339 cm³/mol. The Morgan fingerprint density at radius 3 is 1.40 bits per heavy atom. The summed E-state index contributed by atoms with van der Waals surface area (Å²) in [5.74, 6) is 0. The van der Waals surface area contributed by atoms with E-state index in [2.05, 4.69) is 313 Å². The molecule has 1 aromatic heterocycles. The standard InChI is InChI=1S/C80H50N2/c1-2-24-51(25-3-1)53-26-4-5-28-55(53)60-32-11-19-44-73(60)81(76-47-23-41-69-77(76)63-34-9-16-39-67(63)79(69)64-36-13-6-29-56(64)57-30-7-14-37-65(57)79)72-43-18-10-27-54(72)52-48-49-59-58-31-8-15-38-66(58)80(71(59)50-52)68-40-17-21-46-75(68)82-74-45-20-12-33-61(74)62-35-22-42-70(80)78(62)82/h1-50H. The first kappa shape index (κ1) is 45.3. The number of nitrogens with zero attached hydrogens (tertiary/aromatic N) is 2. The average Bonchev–Trinajstić information content (AvgIpc) is 1.90. The second-order valence-corrected chi connectivity index (χ2v) is 22.5. The predicted octanol–water partition coefficient (Wildman–Crippen LogP) is 20.3. The van der Waals surface area contributed by atoms with E-state index in [0.29, 0.717) is 0 Å². The van der Waals surface area contributed by atoms with Gasteiger partial charge < -0.3 is 9.47 Å². The fraction of sp³-hybridized carbons (Fsp3) is 0.0250. The highest BCUT2D eigenvalue weighted by atomic mass is 15.2. The highest BCUT2D eigenvalue weighted by Gasteiger charge is 2.53. The third-order valence-electron chi connectivity index (χ3n) is 18.8. The van der Waals surface area contributed by atoms with E-state index in [1.807, 2.05) is 0 Å². The second-order valence-electron chi connectivity index (χ2n) is 22.5. The van der Waals surface area contributed by atoms with Crippen molar-refractivity contribution < 1.29 is 0 Å². The van der Waals surface area contributed by atoms with Gasteiger partial charge in [0.05, 0.1) is 44.6 Å². The van der Waals surface area contributed by atoms with Gasteiger partial charge in [0.25, 0.3) is 0 Å². The second kappa shape index (κ2) is 17.0. The highest BCUT2D eigenvalue weighted by molar-refractivity contribution is 6.13. The Bertz CT molecular complexity index is 4970. The van der Waals surface area contributed by atoms with Crippen molar-refractivity contribution in [2.75, 3.05) is 4.90 Å². The molecule has 0 amide bonds. The molecule has 4 aliphatic rings. The zero-order valence-corrected chi connectivity index (χ0v) is 44.8. The van der Waals surface area contributed by atoms with E-state index < -0.39 is 10.8 Å². The van der Waals surface area contributed by atoms with Gasteiger partial charge in [0.1, 0.15) is 0 Å². The number of rotatable bonds is 6. The Morgan fingerprint density at radius 2 is 0.695 bits per heavy atom. The molecule has 2 nitrogen and oxygen atoms in total. The molecule has 0 N–H and O–H groups in total. The molecule has 2 spiro atoms. The molecule has 0 saturated carbocycles. The van der Waals surface area contributed by atoms with Gasteiger partial charge in [-0.3, -0.25) is 0 Å². The summed E-state index contributed by atoms with van der Waals surface area (Å²) in [5, 5.41) is 2.55. The summed E-state index contributed by atoms with van der Waals surface area (Å²) >= 11 is 0. The molecule has 0 fully saturated rings. The van der Waals surface area contributed by atoms with Gasteiger partial charge in [0.2, 0.25) is 0 Å². The summed E-state index contributed by atoms with van der Waals surface area (Å²) < 4.78 is 2.54. The molecule has 2 heterocycles. The van der Waals surface area contributed by atoms with Crippen molar-refractivity contribution in [3.05, 3.63) is 348 Å². The maximum Gasteiger partial charge on any atom is 0.0754 e. The minimum Gasteiger partial charge on any atom is -0.309 e. The molecule has 82 heavy (non-hydrogen) atoms. The molecule has 1 atom stereocenters. The van der Waals surface area contributed by atoms with Crippen molar-refractivity contribution >= 4 is 38.9 Å². The van der Waals surface area contributed by atoms with Gasteiger partial charge >= 0.3 is 0 Å². The first-order valence-corrected chi connectivity index (χ1v) is 28.7. The lowest BCUT2D eigenvalue weighted by Crippen LogP contribution is -2.33. The van der Waals surface area contributed by atoms with Crippen molar-refractivity contribution in [2.24, 2.45) is 0 Å². The van der Waals surface area contributed by atoms with Crippen molar-refractivity contribution in [3.63, 3.8) is 0 Å². The number of aromatic nitrogens is 1. The van der Waals surface area contributed by atoms with E-state index >= 15 is 0 Å². The fourth-order valence-electron chi connectivity index (χ4n) is 15.8. The van der Waals surface area contributed by atoms with Crippen molar-refractivity contribution in [3.8, 4) is 72.4 Å². The van der Waals surface area contributed by atoms with E-state index in [0.717, 1.165) is 33.8 Å². The van der Waals surface area contributed by atoms with E-state index in [-0.39, 0.29) is 0 Å². The van der Waals surface area contributed by atoms with Crippen molar-refractivity contribution in [2.45, 2.75) is 10.8 Å². The van der Waals surface area contributed by atoms with Crippen LogP contribution >= 0.6 is 0 Å². The van der Waals surface area contributed by atoms with E-state index in [9.17, 15) is 0 Å². The van der Waals surface area contributed by atoms with Crippen molar-refractivity contribution in [1.29, 1.82) is 0 Å². The lowest BCUT2D eigenvalue weighted by molar-refractivity contribution is 0.749.